The Morgan fingerprint density at radius 2 is 0.976 bits per heavy atom. The van der Waals surface area contributed by atoms with Crippen molar-refractivity contribution >= 4 is 22.0 Å². The van der Waals surface area contributed by atoms with Gasteiger partial charge in [-0.25, -0.2) is 0 Å². The second-order valence-electron chi connectivity index (χ2n) is 11.3. The average molecular weight is 611 g/mol. The zero-order valence-electron chi connectivity index (χ0n) is 26.8. The van der Waals surface area contributed by atoms with Gasteiger partial charge in [0.05, 0.1) is 4.90 Å². The van der Waals surface area contributed by atoms with E-state index in [1.54, 1.807) is 6.07 Å². The fourth-order valence-electron chi connectivity index (χ4n) is 5.18. The Balaban J connectivity index is 0.00000183. The van der Waals surface area contributed by atoms with Crippen LogP contribution in [-0.4, -0.2) is 24.9 Å². The minimum absolute atomic E-state index is 0.161. The predicted molar refractivity (Wildman–Crippen MR) is 178 cm³/mol. The Labute approximate surface area is 257 Å². The van der Waals surface area contributed by atoms with E-state index in [9.17, 15) is 13.0 Å². The lowest BCUT2D eigenvalue weighted by molar-refractivity contribution is 0.481. The molecule has 0 saturated carbocycles. The minimum atomic E-state index is -4.20. The van der Waals surface area contributed by atoms with Gasteiger partial charge in [-0.3, -0.25) is 26.2 Å². The van der Waals surface area contributed by atoms with Crippen molar-refractivity contribution in [1.29, 1.82) is 10.8 Å². The van der Waals surface area contributed by atoms with Gasteiger partial charge in [0, 0.05) is 0 Å². The number of nitrogens with two attached hydrogens (primary N) is 2. The van der Waals surface area contributed by atoms with Gasteiger partial charge in [0.15, 0.2) is 0 Å². The first kappa shape index (κ1) is 39.7. The van der Waals surface area contributed by atoms with E-state index < -0.39 is 10.1 Å². The van der Waals surface area contributed by atoms with Gasteiger partial charge >= 0.3 is 0 Å². The van der Waals surface area contributed by atoms with Crippen LogP contribution in [0, 0.1) is 10.8 Å². The molecule has 0 radical (unpaired) electrons. The smallest absolute Gasteiger partial charge is 0.294 e. The quantitative estimate of drug-likeness (QED) is 0.0233. The Morgan fingerprint density at radius 3 is 1.36 bits per heavy atom. The standard InChI is InChI=1S/C30H54O3S.C2H8N6/c1-4-7-10-13-16-19-22-27-25-26-30(34(31,32)33)29(24-21-18-15-12-9-6-3)28(27)23-20-17-14-11-8-5-2;3-1(4)7-8-2(5)6/h25-26H,4-24H2,1-3H3,(H,31,32,33);(H4,3,4,7)(H4,5,6,8). The molecule has 0 bridgehead atoms. The number of hydrazine groups is 1. The fourth-order valence-corrected chi connectivity index (χ4v) is 5.95. The Bertz CT molecular complexity index is 955. The van der Waals surface area contributed by atoms with Gasteiger partial charge in [-0.05, 0) is 61.3 Å². The summed E-state index contributed by atoms with van der Waals surface area (Å²) in [5.41, 5.74) is 17.3. The van der Waals surface area contributed by atoms with Crippen molar-refractivity contribution in [3.05, 3.63) is 28.8 Å². The Kier molecular flexibility index (Phi) is 23.8. The molecule has 0 unspecified atom stereocenters. The Morgan fingerprint density at radius 1 is 0.619 bits per heavy atom. The third-order valence-corrected chi connectivity index (χ3v) is 8.39. The largest absolute Gasteiger partial charge is 0.369 e. The maximum atomic E-state index is 12.3. The third-order valence-electron chi connectivity index (χ3n) is 7.46. The zero-order valence-corrected chi connectivity index (χ0v) is 27.6. The predicted octanol–water partition coefficient (Wildman–Crippen LogP) is 7.51. The molecule has 0 amide bonds. The minimum Gasteiger partial charge on any atom is -0.369 e. The van der Waals surface area contributed by atoms with Crippen LogP contribution in [0.5, 0.6) is 0 Å². The summed E-state index contributed by atoms with van der Waals surface area (Å²) in [7, 11) is -4.20. The van der Waals surface area contributed by atoms with Crippen molar-refractivity contribution in [3.8, 4) is 0 Å². The molecule has 1 aromatic rings. The van der Waals surface area contributed by atoms with Crippen LogP contribution in [0.25, 0.3) is 0 Å². The molecule has 42 heavy (non-hydrogen) atoms. The third kappa shape index (κ3) is 20.5. The molecule has 244 valence electrons. The highest BCUT2D eigenvalue weighted by Crippen LogP contribution is 2.29. The molecule has 9 nitrogen and oxygen atoms in total. The Hall–Kier alpha value is -2.33. The summed E-state index contributed by atoms with van der Waals surface area (Å²) in [6.07, 6.45) is 24.8. The van der Waals surface area contributed by atoms with Crippen LogP contribution in [0.15, 0.2) is 17.0 Å². The monoisotopic (exact) mass is 610 g/mol. The molecule has 0 aliphatic heterocycles. The molecular weight excluding hydrogens is 548 g/mol. The number of nitrogens with one attached hydrogen (secondary N) is 4. The van der Waals surface area contributed by atoms with Crippen molar-refractivity contribution in [2.45, 2.75) is 161 Å². The lowest BCUT2D eigenvalue weighted by Crippen LogP contribution is -2.47. The number of unbranched alkanes of at least 4 members (excludes halogenated alkanes) is 15. The summed E-state index contributed by atoms with van der Waals surface area (Å²) in [6.45, 7) is 6.71. The number of benzene rings is 1. The van der Waals surface area contributed by atoms with Gasteiger partial charge < -0.3 is 11.5 Å². The lowest BCUT2D eigenvalue weighted by Gasteiger charge is -2.18. The second-order valence-corrected chi connectivity index (χ2v) is 12.7. The van der Waals surface area contributed by atoms with Crippen molar-refractivity contribution in [1.82, 2.24) is 10.9 Å². The average Bonchev–Trinajstić information content (AvgIpc) is 2.93. The van der Waals surface area contributed by atoms with Crippen molar-refractivity contribution in [2.24, 2.45) is 11.5 Å². The van der Waals surface area contributed by atoms with Gasteiger partial charge in [-0.1, -0.05) is 123 Å². The van der Waals surface area contributed by atoms with Crippen LogP contribution in [0.3, 0.4) is 0 Å². The highest BCUT2D eigenvalue weighted by molar-refractivity contribution is 7.85. The van der Waals surface area contributed by atoms with Gasteiger partial charge in [0.1, 0.15) is 0 Å². The van der Waals surface area contributed by atoms with Gasteiger partial charge in [-0.2, -0.15) is 8.42 Å². The van der Waals surface area contributed by atoms with Crippen LogP contribution < -0.4 is 22.3 Å². The van der Waals surface area contributed by atoms with Gasteiger partial charge in [0.25, 0.3) is 10.1 Å². The van der Waals surface area contributed by atoms with Crippen LogP contribution >= 0.6 is 0 Å². The summed E-state index contributed by atoms with van der Waals surface area (Å²) >= 11 is 0. The number of hydrogen-bond acceptors (Lipinski definition) is 4. The maximum Gasteiger partial charge on any atom is 0.294 e. The van der Waals surface area contributed by atoms with Gasteiger partial charge in [-0.15, -0.1) is 0 Å². The fraction of sp³-hybridized carbons (Fsp3) is 0.750. The number of hydrogen-bond donors (Lipinski definition) is 7. The molecule has 0 heterocycles. The van der Waals surface area contributed by atoms with E-state index in [1.807, 2.05) is 6.07 Å². The summed E-state index contributed by atoms with van der Waals surface area (Å²) in [5.74, 6) is -0.555. The van der Waals surface area contributed by atoms with Crippen LogP contribution in [0.4, 0.5) is 0 Å². The molecule has 0 aromatic heterocycles. The van der Waals surface area contributed by atoms with Gasteiger partial charge in [0.2, 0.25) is 11.9 Å². The molecule has 0 atom stereocenters. The molecule has 9 N–H and O–H groups in total. The lowest BCUT2D eigenvalue weighted by atomic mass is 9.90. The van der Waals surface area contributed by atoms with Crippen LogP contribution in [-0.2, 0) is 29.4 Å². The molecule has 1 aromatic carbocycles. The SMILES string of the molecule is CCCCCCCCc1ccc(S(=O)(=O)O)c(CCCCCCCC)c1CCCCCCCC.N=C(N)NNC(=N)N. The summed E-state index contributed by atoms with van der Waals surface area (Å²) in [5, 5.41) is 13.1. The highest BCUT2D eigenvalue weighted by atomic mass is 32.2. The summed E-state index contributed by atoms with van der Waals surface area (Å²) in [6, 6.07) is 3.67. The molecule has 0 fully saturated rings. The van der Waals surface area contributed by atoms with E-state index >= 15 is 0 Å². The van der Waals surface area contributed by atoms with Crippen molar-refractivity contribution < 1.29 is 13.0 Å². The second kappa shape index (κ2) is 25.2. The zero-order chi connectivity index (χ0) is 31.6. The van der Waals surface area contributed by atoms with E-state index in [2.05, 4.69) is 31.6 Å². The first-order valence-corrected chi connectivity index (χ1v) is 17.8. The molecule has 0 aliphatic carbocycles. The van der Waals surface area contributed by atoms with Crippen molar-refractivity contribution in [2.75, 3.05) is 0 Å². The van der Waals surface area contributed by atoms with E-state index in [1.165, 1.54) is 101 Å². The van der Waals surface area contributed by atoms with E-state index in [0.717, 1.165) is 50.5 Å². The first-order valence-electron chi connectivity index (χ1n) is 16.4. The number of rotatable bonds is 22. The normalized spacial score (nSPS) is 11.0. The topological polar surface area (TPSA) is 178 Å². The molecule has 10 heteroatoms. The molecule has 0 spiro atoms. The van der Waals surface area contributed by atoms with E-state index in [0.29, 0.717) is 0 Å². The first-order chi connectivity index (χ1) is 20.1. The van der Waals surface area contributed by atoms with E-state index in [4.69, 9.17) is 22.3 Å². The number of aryl methyl sites for hydroxylation is 1. The summed E-state index contributed by atoms with van der Waals surface area (Å²) < 4.78 is 34.5. The van der Waals surface area contributed by atoms with Crippen molar-refractivity contribution in [3.63, 3.8) is 0 Å². The molecule has 1 rings (SSSR count). The van der Waals surface area contributed by atoms with Crippen LogP contribution in [0.1, 0.15) is 153 Å². The summed E-state index contributed by atoms with van der Waals surface area (Å²) in [4.78, 5) is 0.161. The van der Waals surface area contributed by atoms with Crippen LogP contribution in [0.2, 0.25) is 0 Å². The maximum absolute atomic E-state index is 12.3. The molecular formula is C32H62N6O3S. The molecule has 0 saturated heterocycles. The highest BCUT2D eigenvalue weighted by Gasteiger charge is 2.20. The van der Waals surface area contributed by atoms with E-state index in [-0.39, 0.29) is 16.8 Å². The number of guanidine groups is 2. The molecule has 0 aliphatic rings.